The average molecular weight is 451 g/mol. The number of hydrogen-bond donors (Lipinski definition) is 2. The monoisotopic (exact) mass is 450 g/mol. The van der Waals surface area contributed by atoms with Crippen LogP contribution in [0.15, 0.2) is 60.0 Å². The summed E-state index contributed by atoms with van der Waals surface area (Å²) in [6.45, 7) is 2.12. The van der Waals surface area contributed by atoms with Crippen LogP contribution < -0.4 is 10.6 Å². The fourth-order valence-corrected chi connectivity index (χ4v) is 3.85. The number of nitrogens with zero attached hydrogens (tertiary/aromatic N) is 2. The summed E-state index contributed by atoms with van der Waals surface area (Å²) in [5.74, 6) is -0.522. The molecular weight excluding hydrogens is 424 g/mol. The number of anilines is 1. The van der Waals surface area contributed by atoms with E-state index in [9.17, 15) is 14.4 Å². The first-order valence-corrected chi connectivity index (χ1v) is 11.2. The first kappa shape index (κ1) is 23.1. The van der Waals surface area contributed by atoms with Crippen molar-refractivity contribution in [2.75, 3.05) is 25.5 Å². The third-order valence-electron chi connectivity index (χ3n) is 4.76. The number of aromatic nitrogens is 1. The number of benzene rings is 2. The van der Waals surface area contributed by atoms with E-state index in [1.54, 1.807) is 31.3 Å². The molecule has 8 heteroatoms. The van der Waals surface area contributed by atoms with Crippen molar-refractivity contribution in [1.29, 1.82) is 0 Å². The Morgan fingerprint density at radius 1 is 1.03 bits per heavy atom. The van der Waals surface area contributed by atoms with Gasteiger partial charge in [-0.1, -0.05) is 42.5 Å². The van der Waals surface area contributed by atoms with E-state index in [0.717, 1.165) is 24.1 Å². The maximum atomic E-state index is 12.4. The van der Waals surface area contributed by atoms with Gasteiger partial charge in [0.1, 0.15) is 0 Å². The topological polar surface area (TPSA) is 91.4 Å². The summed E-state index contributed by atoms with van der Waals surface area (Å²) >= 11 is 1.34. The minimum absolute atomic E-state index is 0.0128. The highest BCUT2D eigenvalue weighted by molar-refractivity contribution is 7.14. The Hall–Kier alpha value is -3.52. The second kappa shape index (κ2) is 11.2. The van der Waals surface area contributed by atoms with Crippen molar-refractivity contribution in [3.63, 3.8) is 0 Å². The standard InChI is InChI=1S/C24H26N4O3S/c1-17(29)25-14-6-7-18-10-12-19(13-11-18)21-16-32-24(26-21)27-22(30)15-28(2)23(31)20-8-4-3-5-9-20/h3-5,8-13,16H,6-7,14-15H2,1-2H3,(H,25,29)(H,26,27,30). The predicted octanol–water partition coefficient (Wildman–Crippen LogP) is 3.59. The molecule has 166 valence electrons. The van der Waals surface area contributed by atoms with Crippen molar-refractivity contribution < 1.29 is 14.4 Å². The number of rotatable bonds is 9. The summed E-state index contributed by atoms with van der Waals surface area (Å²) in [6, 6.07) is 17.0. The van der Waals surface area contributed by atoms with Crippen molar-refractivity contribution in [3.05, 3.63) is 71.1 Å². The molecule has 0 aliphatic carbocycles. The average Bonchev–Trinajstić information content (AvgIpc) is 3.25. The molecule has 3 amide bonds. The fraction of sp³-hybridized carbons (Fsp3) is 0.250. The second-order valence-electron chi connectivity index (χ2n) is 7.40. The lowest BCUT2D eigenvalue weighted by atomic mass is 10.1. The molecule has 0 saturated heterocycles. The van der Waals surface area contributed by atoms with E-state index in [4.69, 9.17) is 0 Å². The zero-order valence-electron chi connectivity index (χ0n) is 18.1. The third-order valence-corrected chi connectivity index (χ3v) is 5.52. The molecule has 1 heterocycles. The van der Waals surface area contributed by atoms with Gasteiger partial charge in [0.25, 0.3) is 5.91 Å². The Kier molecular flexibility index (Phi) is 8.10. The minimum Gasteiger partial charge on any atom is -0.356 e. The van der Waals surface area contributed by atoms with Gasteiger partial charge in [0.15, 0.2) is 5.13 Å². The van der Waals surface area contributed by atoms with Crippen LogP contribution in [-0.4, -0.2) is 47.7 Å². The number of carbonyl (C=O) groups is 3. The van der Waals surface area contributed by atoms with Crippen molar-refractivity contribution in [3.8, 4) is 11.3 Å². The molecule has 0 radical (unpaired) electrons. The third kappa shape index (κ3) is 6.75. The van der Waals surface area contributed by atoms with Crippen LogP contribution in [0.3, 0.4) is 0 Å². The molecule has 0 spiro atoms. The van der Waals surface area contributed by atoms with Gasteiger partial charge >= 0.3 is 0 Å². The van der Waals surface area contributed by atoms with E-state index in [1.807, 2.05) is 35.7 Å². The van der Waals surface area contributed by atoms with Gasteiger partial charge in [0, 0.05) is 37.0 Å². The number of thiazole rings is 1. The molecule has 3 aromatic rings. The number of likely N-dealkylation sites (N-methyl/N-ethyl adjacent to an activating group) is 1. The lowest BCUT2D eigenvalue weighted by molar-refractivity contribution is -0.119. The van der Waals surface area contributed by atoms with Crippen LogP contribution >= 0.6 is 11.3 Å². The van der Waals surface area contributed by atoms with E-state index >= 15 is 0 Å². The van der Waals surface area contributed by atoms with E-state index in [2.05, 4.69) is 15.6 Å². The van der Waals surface area contributed by atoms with E-state index < -0.39 is 0 Å². The maximum absolute atomic E-state index is 12.4. The molecule has 32 heavy (non-hydrogen) atoms. The lowest BCUT2D eigenvalue weighted by Gasteiger charge is -2.16. The van der Waals surface area contributed by atoms with Crippen LogP contribution in [0.25, 0.3) is 11.3 Å². The SMILES string of the molecule is CC(=O)NCCCc1ccc(-c2csc(NC(=O)CN(C)C(=O)c3ccccc3)n2)cc1. The lowest BCUT2D eigenvalue weighted by Crippen LogP contribution is -2.34. The number of amides is 3. The zero-order valence-corrected chi connectivity index (χ0v) is 18.9. The molecule has 3 rings (SSSR count). The van der Waals surface area contributed by atoms with Crippen LogP contribution in [0.4, 0.5) is 5.13 Å². The van der Waals surface area contributed by atoms with Gasteiger partial charge in [-0.3, -0.25) is 14.4 Å². The second-order valence-corrected chi connectivity index (χ2v) is 8.25. The van der Waals surface area contributed by atoms with Crippen LogP contribution in [0.1, 0.15) is 29.3 Å². The highest BCUT2D eigenvalue weighted by Gasteiger charge is 2.16. The Bertz CT molecular complexity index is 1060. The molecule has 0 atom stereocenters. The minimum atomic E-state index is -0.299. The molecule has 0 unspecified atom stereocenters. The fourth-order valence-electron chi connectivity index (χ4n) is 3.11. The molecule has 7 nitrogen and oxygen atoms in total. The Morgan fingerprint density at radius 2 is 1.75 bits per heavy atom. The van der Waals surface area contributed by atoms with Crippen LogP contribution in [0, 0.1) is 0 Å². The molecule has 0 saturated carbocycles. The first-order valence-electron chi connectivity index (χ1n) is 10.3. The molecule has 1 aromatic heterocycles. The maximum Gasteiger partial charge on any atom is 0.254 e. The molecule has 0 fully saturated rings. The molecular formula is C24H26N4O3S. The van der Waals surface area contributed by atoms with Crippen LogP contribution in [0.5, 0.6) is 0 Å². The zero-order chi connectivity index (χ0) is 22.9. The Morgan fingerprint density at radius 3 is 2.44 bits per heavy atom. The van der Waals surface area contributed by atoms with E-state index in [-0.39, 0.29) is 24.3 Å². The van der Waals surface area contributed by atoms with Crippen molar-refractivity contribution in [2.45, 2.75) is 19.8 Å². The number of carbonyl (C=O) groups excluding carboxylic acids is 3. The summed E-state index contributed by atoms with van der Waals surface area (Å²) < 4.78 is 0. The Balaban J connectivity index is 1.51. The first-order chi connectivity index (χ1) is 15.4. The molecule has 2 N–H and O–H groups in total. The van der Waals surface area contributed by atoms with Crippen molar-refractivity contribution in [2.24, 2.45) is 0 Å². The highest BCUT2D eigenvalue weighted by atomic mass is 32.1. The van der Waals surface area contributed by atoms with Crippen molar-refractivity contribution in [1.82, 2.24) is 15.2 Å². The smallest absolute Gasteiger partial charge is 0.254 e. The van der Waals surface area contributed by atoms with Gasteiger partial charge in [0.2, 0.25) is 11.8 Å². The number of nitrogens with one attached hydrogen (secondary N) is 2. The van der Waals surface area contributed by atoms with Gasteiger partial charge < -0.3 is 15.5 Å². The summed E-state index contributed by atoms with van der Waals surface area (Å²) in [4.78, 5) is 41.5. The summed E-state index contributed by atoms with van der Waals surface area (Å²) in [5, 5.41) is 7.94. The van der Waals surface area contributed by atoms with Gasteiger partial charge in [-0.25, -0.2) is 4.98 Å². The quantitative estimate of drug-likeness (QED) is 0.488. The predicted molar refractivity (Wildman–Crippen MR) is 127 cm³/mol. The van der Waals surface area contributed by atoms with Crippen LogP contribution in [-0.2, 0) is 16.0 Å². The normalized spacial score (nSPS) is 10.4. The molecule has 0 aliphatic rings. The number of hydrogen-bond acceptors (Lipinski definition) is 5. The van der Waals surface area contributed by atoms with Gasteiger partial charge in [-0.05, 0) is 30.5 Å². The molecule has 0 bridgehead atoms. The van der Waals surface area contributed by atoms with Gasteiger partial charge in [-0.2, -0.15) is 0 Å². The van der Waals surface area contributed by atoms with E-state index in [1.165, 1.54) is 28.7 Å². The highest BCUT2D eigenvalue weighted by Crippen LogP contribution is 2.25. The Labute approximate surface area is 191 Å². The van der Waals surface area contributed by atoms with Gasteiger partial charge in [-0.15, -0.1) is 11.3 Å². The molecule has 0 aliphatic heterocycles. The van der Waals surface area contributed by atoms with Crippen molar-refractivity contribution >= 4 is 34.2 Å². The largest absolute Gasteiger partial charge is 0.356 e. The van der Waals surface area contributed by atoms with E-state index in [0.29, 0.717) is 17.2 Å². The molecule has 2 aromatic carbocycles. The van der Waals surface area contributed by atoms with Gasteiger partial charge in [0.05, 0.1) is 12.2 Å². The summed E-state index contributed by atoms with van der Waals surface area (Å²) in [7, 11) is 1.60. The summed E-state index contributed by atoms with van der Waals surface area (Å²) in [6.07, 6.45) is 1.77. The number of aryl methyl sites for hydroxylation is 1. The van der Waals surface area contributed by atoms with Crippen LogP contribution in [0.2, 0.25) is 0 Å². The summed E-state index contributed by atoms with van der Waals surface area (Å²) in [5.41, 5.74) is 3.47.